The summed E-state index contributed by atoms with van der Waals surface area (Å²) in [5.41, 5.74) is 1.03. The van der Waals surface area contributed by atoms with Crippen LogP contribution < -0.4 is 0 Å². The SMILES string of the molecule is Fc1ccc(C(Cl)Cc2ccc(F)cc2F)cc1. The van der Waals surface area contributed by atoms with Crippen LogP contribution in [0.1, 0.15) is 16.5 Å². The minimum Gasteiger partial charge on any atom is -0.207 e. The molecule has 0 fully saturated rings. The number of benzene rings is 2. The third kappa shape index (κ3) is 3.05. The number of hydrogen-bond donors (Lipinski definition) is 0. The molecule has 0 aliphatic carbocycles. The molecule has 0 amide bonds. The fourth-order valence-corrected chi connectivity index (χ4v) is 1.98. The topological polar surface area (TPSA) is 0 Å². The van der Waals surface area contributed by atoms with Crippen LogP contribution in [-0.4, -0.2) is 0 Å². The normalized spacial score (nSPS) is 12.4. The Morgan fingerprint density at radius 3 is 2.11 bits per heavy atom. The molecule has 0 N–H and O–H groups in total. The van der Waals surface area contributed by atoms with Crippen molar-refractivity contribution in [3.8, 4) is 0 Å². The van der Waals surface area contributed by atoms with E-state index < -0.39 is 17.0 Å². The first-order valence-corrected chi connectivity index (χ1v) is 5.83. The second-order valence-corrected chi connectivity index (χ2v) is 4.49. The Morgan fingerprint density at radius 1 is 0.889 bits per heavy atom. The Kier molecular flexibility index (Phi) is 3.92. The maximum atomic E-state index is 13.4. The standard InChI is InChI=1S/C14H10ClF3/c15-13(9-1-4-11(16)5-2-9)7-10-3-6-12(17)8-14(10)18/h1-6,8,13H,7H2. The zero-order valence-electron chi connectivity index (χ0n) is 9.34. The van der Waals surface area contributed by atoms with Gasteiger partial charge >= 0.3 is 0 Å². The Morgan fingerprint density at radius 2 is 1.50 bits per heavy atom. The van der Waals surface area contributed by atoms with Gasteiger partial charge in [-0.15, -0.1) is 11.6 Å². The van der Waals surface area contributed by atoms with Crippen molar-refractivity contribution >= 4 is 11.6 Å². The van der Waals surface area contributed by atoms with Gasteiger partial charge in [0.1, 0.15) is 17.5 Å². The molecule has 1 unspecified atom stereocenters. The molecule has 18 heavy (non-hydrogen) atoms. The summed E-state index contributed by atoms with van der Waals surface area (Å²) in [5.74, 6) is -1.59. The molecule has 0 saturated carbocycles. The average Bonchev–Trinajstić information content (AvgIpc) is 2.33. The number of alkyl halides is 1. The first-order valence-electron chi connectivity index (χ1n) is 5.40. The summed E-state index contributed by atoms with van der Waals surface area (Å²) in [6, 6.07) is 9.07. The maximum Gasteiger partial charge on any atom is 0.129 e. The fourth-order valence-electron chi connectivity index (χ4n) is 1.67. The lowest BCUT2D eigenvalue weighted by molar-refractivity contribution is 0.570. The van der Waals surface area contributed by atoms with Gasteiger partial charge in [0, 0.05) is 6.07 Å². The van der Waals surface area contributed by atoms with Crippen molar-refractivity contribution in [2.24, 2.45) is 0 Å². The molecule has 0 heterocycles. The van der Waals surface area contributed by atoms with E-state index in [0.717, 1.165) is 6.07 Å². The molecule has 94 valence electrons. The van der Waals surface area contributed by atoms with E-state index in [2.05, 4.69) is 0 Å². The zero-order chi connectivity index (χ0) is 13.1. The van der Waals surface area contributed by atoms with Crippen LogP contribution in [-0.2, 0) is 6.42 Å². The lowest BCUT2D eigenvalue weighted by atomic mass is 10.0. The summed E-state index contributed by atoms with van der Waals surface area (Å²) in [4.78, 5) is 0. The lowest BCUT2D eigenvalue weighted by Gasteiger charge is -2.10. The second kappa shape index (κ2) is 5.44. The molecule has 4 heteroatoms. The van der Waals surface area contributed by atoms with Gasteiger partial charge in [-0.25, -0.2) is 13.2 Å². The van der Waals surface area contributed by atoms with Gasteiger partial charge in [0.05, 0.1) is 5.38 Å². The second-order valence-electron chi connectivity index (χ2n) is 3.96. The molecule has 2 rings (SSSR count). The maximum absolute atomic E-state index is 13.4. The molecule has 0 bridgehead atoms. The summed E-state index contributed by atoms with van der Waals surface area (Å²) < 4.78 is 38.9. The van der Waals surface area contributed by atoms with E-state index in [1.807, 2.05) is 0 Å². The molecule has 0 nitrogen and oxygen atoms in total. The van der Waals surface area contributed by atoms with Gasteiger partial charge in [0.15, 0.2) is 0 Å². The summed E-state index contributed by atoms with van der Waals surface area (Å²) in [6.45, 7) is 0. The van der Waals surface area contributed by atoms with Crippen LogP contribution in [0.5, 0.6) is 0 Å². The third-order valence-corrected chi connectivity index (χ3v) is 3.05. The largest absolute Gasteiger partial charge is 0.207 e. The Hall–Kier alpha value is -1.48. The number of halogens is 4. The van der Waals surface area contributed by atoms with Crippen LogP contribution >= 0.6 is 11.6 Å². The van der Waals surface area contributed by atoms with E-state index in [1.165, 1.54) is 24.3 Å². The van der Waals surface area contributed by atoms with Crippen LogP contribution in [0.15, 0.2) is 42.5 Å². The Labute approximate surface area is 108 Å². The van der Waals surface area contributed by atoms with Crippen molar-refractivity contribution < 1.29 is 13.2 Å². The van der Waals surface area contributed by atoms with Crippen molar-refractivity contribution in [3.05, 3.63) is 71.0 Å². The van der Waals surface area contributed by atoms with E-state index >= 15 is 0 Å². The smallest absolute Gasteiger partial charge is 0.129 e. The van der Waals surface area contributed by atoms with Crippen LogP contribution in [0.3, 0.4) is 0 Å². The summed E-state index contributed by atoms with van der Waals surface area (Å²) in [5, 5.41) is -0.481. The molecule has 2 aromatic rings. The summed E-state index contributed by atoms with van der Waals surface area (Å²) in [6.07, 6.45) is 0.222. The van der Waals surface area contributed by atoms with Gasteiger partial charge < -0.3 is 0 Å². The first kappa shape index (κ1) is 13.0. The Bertz CT molecular complexity index is 537. The van der Waals surface area contributed by atoms with Crippen LogP contribution in [0, 0.1) is 17.5 Å². The Balaban J connectivity index is 2.15. The van der Waals surface area contributed by atoms with Gasteiger partial charge in [-0.05, 0) is 35.7 Å². The molecule has 0 spiro atoms. The third-order valence-electron chi connectivity index (χ3n) is 2.65. The van der Waals surface area contributed by atoms with Gasteiger partial charge in [-0.3, -0.25) is 0 Å². The molecule has 0 radical (unpaired) electrons. The minimum atomic E-state index is -0.622. The van der Waals surface area contributed by atoms with Crippen molar-refractivity contribution in [1.29, 1.82) is 0 Å². The van der Waals surface area contributed by atoms with E-state index in [1.54, 1.807) is 12.1 Å². The van der Waals surface area contributed by atoms with Crippen molar-refractivity contribution in [2.45, 2.75) is 11.8 Å². The molecule has 0 aromatic heterocycles. The lowest BCUT2D eigenvalue weighted by Crippen LogP contribution is -1.99. The predicted octanol–water partition coefficient (Wildman–Crippen LogP) is 4.63. The quantitative estimate of drug-likeness (QED) is 0.714. The highest BCUT2D eigenvalue weighted by Gasteiger charge is 2.12. The van der Waals surface area contributed by atoms with Crippen LogP contribution in [0.25, 0.3) is 0 Å². The van der Waals surface area contributed by atoms with E-state index in [4.69, 9.17) is 11.6 Å². The van der Waals surface area contributed by atoms with Gasteiger partial charge in [0.2, 0.25) is 0 Å². The number of rotatable bonds is 3. The van der Waals surface area contributed by atoms with Crippen LogP contribution in [0.4, 0.5) is 13.2 Å². The summed E-state index contributed by atoms with van der Waals surface area (Å²) in [7, 11) is 0. The van der Waals surface area contributed by atoms with E-state index in [-0.39, 0.29) is 12.2 Å². The first-order chi connectivity index (χ1) is 8.56. The number of hydrogen-bond acceptors (Lipinski definition) is 0. The molecule has 0 aliphatic rings. The fraction of sp³-hybridized carbons (Fsp3) is 0.143. The minimum absolute atomic E-state index is 0.222. The highest BCUT2D eigenvalue weighted by Crippen LogP contribution is 2.26. The van der Waals surface area contributed by atoms with E-state index in [9.17, 15) is 13.2 Å². The van der Waals surface area contributed by atoms with Crippen molar-refractivity contribution in [1.82, 2.24) is 0 Å². The van der Waals surface area contributed by atoms with Crippen LogP contribution in [0.2, 0.25) is 0 Å². The molecule has 0 aliphatic heterocycles. The van der Waals surface area contributed by atoms with Gasteiger partial charge in [-0.1, -0.05) is 18.2 Å². The van der Waals surface area contributed by atoms with Crippen molar-refractivity contribution in [2.75, 3.05) is 0 Å². The molecule has 2 aromatic carbocycles. The average molecular weight is 271 g/mol. The highest BCUT2D eigenvalue weighted by molar-refractivity contribution is 6.20. The van der Waals surface area contributed by atoms with Crippen molar-refractivity contribution in [3.63, 3.8) is 0 Å². The summed E-state index contributed by atoms with van der Waals surface area (Å²) >= 11 is 6.12. The molecule has 1 atom stereocenters. The predicted molar refractivity (Wildman–Crippen MR) is 65.1 cm³/mol. The highest BCUT2D eigenvalue weighted by atomic mass is 35.5. The molecular formula is C14H10ClF3. The molecule has 0 saturated heterocycles. The van der Waals surface area contributed by atoms with E-state index in [0.29, 0.717) is 11.1 Å². The van der Waals surface area contributed by atoms with Gasteiger partial charge in [0.25, 0.3) is 0 Å². The molecular weight excluding hydrogens is 261 g/mol. The monoisotopic (exact) mass is 270 g/mol. The van der Waals surface area contributed by atoms with Gasteiger partial charge in [-0.2, -0.15) is 0 Å². The zero-order valence-corrected chi connectivity index (χ0v) is 10.1.